The van der Waals surface area contributed by atoms with Crippen molar-refractivity contribution in [3.05, 3.63) is 58.9 Å². The monoisotopic (exact) mass is 335 g/mol. The SMILES string of the molecule is CC[C@@H](C)c1ccc(OCC(=O)Nc2ccc(F)cc2Cl)cc1. The van der Waals surface area contributed by atoms with Gasteiger partial charge in [0.25, 0.3) is 5.91 Å². The molecule has 0 aliphatic heterocycles. The van der Waals surface area contributed by atoms with E-state index >= 15 is 0 Å². The van der Waals surface area contributed by atoms with Crippen LogP contribution in [0.15, 0.2) is 42.5 Å². The second kappa shape index (κ2) is 7.97. The number of nitrogens with one attached hydrogen (secondary N) is 1. The summed E-state index contributed by atoms with van der Waals surface area (Å²) in [7, 11) is 0. The minimum Gasteiger partial charge on any atom is -0.484 e. The van der Waals surface area contributed by atoms with Gasteiger partial charge in [0.2, 0.25) is 0 Å². The normalized spacial score (nSPS) is 11.8. The van der Waals surface area contributed by atoms with Gasteiger partial charge in [-0.2, -0.15) is 0 Å². The lowest BCUT2D eigenvalue weighted by atomic mass is 9.99. The highest BCUT2D eigenvalue weighted by atomic mass is 35.5. The summed E-state index contributed by atoms with van der Waals surface area (Å²) in [4.78, 5) is 11.9. The first kappa shape index (κ1) is 17.3. The number of hydrogen-bond donors (Lipinski definition) is 1. The van der Waals surface area contributed by atoms with Gasteiger partial charge in [0, 0.05) is 0 Å². The zero-order valence-corrected chi connectivity index (χ0v) is 13.9. The number of carbonyl (C=O) groups excluding carboxylic acids is 1. The van der Waals surface area contributed by atoms with Gasteiger partial charge in [-0.05, 0) is 48.2 Å². The molecule has 0 bridgehead atoms. The second-order valence-corrected chi connectivity index (χ2v) is 5.75. The van der Waals surface area contributed by atoms with E-state index < -0.39 is 5.82 Å². The first-order valence-electron chi connectivity index (χ1n) is 7.47. The first-order chi connectivity index (χ1) is 11.0. The van der Waals surface area contributed by atoms with Crippen LogP contribution in [0.5, 0.6) is 5.75 Å². The van der Waals surface area contributed by atoms with Crippen molar-refractivity contribution in [1.82, 2.24) is 0 Å². The van der Waals surface area contributed by atoms with Crippen molar-refractivity contribution < 1.29 is 13.9 Å². The Hall–Kier alpha value is -2.07. The highest BCUT2D eigenvalue weighted by Crippen LogP contribution is 2.23. The number of halogens is 2. The van der Waals surface area contributed by atoms with E-state index in [1.54, 1.807) is 0 Å². The molecule has 2 aromatic carbocycles. The quantitative estimate of drug-likeness (QED) is 0.805. The Morgan fingerprint density at radius 1 is 1.26 bits per heavy atom. The molecule has 0 fully saturated rings. The van der Waals surface area contributed by atoms with E-state index in [0.29, 0.717) is 17.4 Å². The topological polar surface area (TPSA) is 38.3 Å². The van der Waals surface area contributed by atoms with E-state index in [0.717, 1.165) is 12.5 Å². The summed E-state index contributed by atoms with van der Waals surface area (Å²) < 4.78 is 18.4. The molecule has 0 saturated heterocycles. The van der Waals surface area contributed by atoms with Crippen LogP contribution in [-0.4, -0.2) is 12.5 Å². The molecule has 2 aromatic rings. The number of carbonyl (C=O) groups is 1. The van der Waals surface area contributed by atoms with Crippen LogP contribution < -0.4 is 10.1 Å². The summed E-state index contributed by atoms with van der Waals surface area (Å²) in [6.07, 6.45) is 1.07. The molecule has 0 saturated carbocycles. The molecule has 23 heavy (non-hydrogen) atoms. The number of hydrogen-bond acceptors (Lipinski definition) is 2. The molecule has 0 aromatic heterocycles. The van der Waals surface area contributed by atoms with Crippen molar-refractivity contribution in [2.24, 2.45) is 0 Å². The fourth-order valence-corrected chi connectivity index (χ4v) is 2.27. The summed E-state index contributed by atoms with van der Waals surface area (Å²) in [6, 6.07) is 11.5. The van der Waals surface area contributed by atoms with E-state index in [1.807, 2.05) is 24.3 Å². The van der Waals surface area contributed by atoms with Crippen molar-refractivity contribution in [3.63, 3.8) is 0 Å². The third-order valence-corrected chi connectivity index (χ3v) is 3.95. The van der Waals surface area contributed by atoms with Crippen LogP contribution in [0.3, 0.4) is 0 Å². The lowest BCUT2D eigenvalue weighted by Crippen LogP contribution is -2.20. The minimum atomic E-state index is -0.453. The van der Waals surface area contributed by atoms with Crippen LogP contribution in [0.4, 0.5) is 10.1 Å². The first-order valence-corrected chi connectivity index (χ1v) is 7.85. The molecule has 122 valence electrons. The standard InChI is InChI=1S/C18H19ClFNO2/c1-3-12(2)13-4-7-15(8-5-13)23-11-18(22)21-17-9-6-14(20)10-16(17)19/h4-10,12H,3,11H2,1-2H3,(H,21,22)/t12-/m1/s1. The maximum absolute atomic E-state index is 12.9. The van der Waals surface area contributed by atoms with Crippen molar-refractivity contribution in [1.29, 1.82) is 0 Å². The predicted molar refractivity (Wildman–Crippen MR) is 90.7 cm³/mol. The molecule has 1 N–H and O–H groups in total. The molecule has 1 atom stereocenters. The largest absolute Gasteiger partial charge is 0.484 e. The molecule has 5 heteroatoms. The Balaban J connectivity index is 1.89. The number of rotatable bonds is 6. The van der Waals surface area contributed by atoms with Gasteiger partial charge in [0.1, 0.15) is 11.6 Å². The average Bonchev–Trinajstić information content (AvgIpc) is 2.55. The molecular formula is C18H19ClFNO2. The zero-order chi connectivity index (χ0) is 16.8. The van der Waals surface area contributed by atoms with Gasteiger partial charge < -0.3 is 10.1 Å². The maximum Gasteiger partial charge on any atom is 0.262 e. The lowest BCUT2D eigenvalue weighted by Gasteiger charge is -2.11. The lowest BCUT2D eigenvalue weighted by molar-refractivity contribution is -0.118. The van der Waals surface area contributed by atoms with Gasteiger partial charge in [-0.3, -0.25) is 4.79 Å². The minimum absolute atomic E-state index is 0.142. The van der Waals surface area contributed by atoms with Gasteiger partial charge in [-0.25, -0.2) is 4.39 Å². The number of ether oxygens (including phenoxy) is 1. The Bertz CT molecular complexity index is 673. The fraction of sp³-hybridized carbons (Fsp3) is 0.278. The van der Waals surface area contributed by atoms with Crippen LogP contribution in [0.25, 0.3) is 0 Å². The molecule has 0 aliphatic rings. The van der Waals surface area contributed by atoms with Gasteiger partial charge in [0.15, 0.2) is 6.61 Å². The Morgan fingerprint density at radius 3 is 2.57 bits per heavy atom. The van der Waals surface area contributed by atoms with E-state index in [9.17, 15) is 9.18 Å². The van der Waals surface area contributed by atoms with E-state index in [2.05, 4.69) is 19.2 Å². The highest BCUT2D eigenvalue weighted by Gasteiger charge is 2.08. The molecule has 0 heterocycles. The van der Waals surface area contributed by atoms with Gasteiger partial charge in [-0.15, -0.1) is 0 Å². The third-order valence-electron chi connectivity index (χ3n) is 3.64. The Morgan fingerprint density at radius 2 is 1.96 bits per heavy atom. The summed E-state index contributed by atoms with van der Waals surface area (Å²) in [5.41, 5.74) is 1.59. The van der Waals surface area contributed by atoms with Crippen LogP contribution in [0.1, 0.15) is 31.7 Å². The van der Waals surface area contributed by atoms with Crippen molar-refractivity contribution >= 4 is 23.2 Å². The molecule has 0 spiro atoms. The molecule has 1 amide bonds. The van der Waals surface area contributed by atoms with Crippen LogP contribution in [-0.2, 0) is 4.79 Å². The number of benzene rings is 2. The van der Waals surface area contributed by atoms with E-state index in [1.165, 1.54) is 17.7 Å². The molecule has 0 aliphatic carbocycles. The summed E-state index contributed by atoms with van der Waals surface area (Å²) in [6.45, 7) is 4.16. The van der Waals surface area contributed by atoms with E-state index in [-0.39, 0.29) is 17.5 Å². The third kappa shape index (κ3) is 4.96. The fourth-order valence-electron chi connectivity index (χ4n) is 2.05. The zero-order valence-electron chi connectivity index (χ0n) is 13.1. The molecule has 2 rings (SSSR count). The van der Waals surface area contributed by atoms with Crippen molar-refractivity contribution in [2.45, 2.75) is 26.2 Å². The number of amides is 1. The van der Waals surface area contributed by atoms with Crippen molar-refractivity contribution in [3.8, 4) is 5.75 Å². The molecule has 0 radical (unpaired) electrons. The van der Waals surface area contributed by atoms with Crippen LogP contribution in [0, 0.1) is 5.82 Å². The van der Waals surface area contributed by atoms with Crippen LogP contribution >= 0.6 is 11.6 Å². The maximum atomic E-state index is 12.9. The predicted octanol–water partition coefficient (Wildman–Crippen LogP) is 5.01. The van der Waals surface area contributed by atoms with Gasteiger partial charge >= 0.3 is 0 Å². The Labute approximate surface area is 140 Å². The average molecular weight is 336 g/mol. The number of anilines is 1. The molecule has 0 unspecified atom stereocenters. The van der Waals surface area contributed by atoms with Gasteiger partial charge in [0.05, 0.1) is 10.7 Å². The molecular weight excluding hydrogens is 317 g/mol. The summed E-state index contributed by atoms with van der Waals surface area (Å²) >= 11 is 5.86. The summed E-state index contributed by atoms with van der Waals surface area (Å²) in [5, 5.41) is 2.73. The smallest absolute Gasteiger partial charge is 0.262 e. The van der Waals surface area contributed by atoms with Crippen molar-refractivity contribution in [2.75, 3.05) is 11.9 Å². The Kier molecular flexibility index (Phi) is 5.99. The van der Waals surface area contributed by atoms with Crippen LogP contribution in [0.2, 0.25) is 5.02 Å². The highest BCUT2D eigenvalue weighted by molar-refractivity contribution is 6.33. The second-order valence-electron chi connectivity index (χ2n) is 5.34. The van der Waals surface area contributed by atoms with Gasteiger partial charge in [-0.1, -0.05) is 37.6 Å². The summed E-state index contributed by atoms with van der Waals surface area (Å²) in [5.74, 6) is 0.306. The van der Waals surface area contributed by atoms with E-state index in [4.69, 9.17) is 16.3 Å². The molecule has 3 nitrogen and oxygen atoms in total.